The van der Waals surface area contributed by atoms with E-state index in [2.05, 4.69) is 47.6 Å². The Morgan fingerprint density at radius 1 is 0.362 bits per heavy atom. The number of fused-ring (bicyclic) bond motifs is 16. The Morgan fingerprint density at radius 2 is 0.762 bits per heavy atom. The Bertz CT molecular complexity index is 2280. The number of aliphatic hydroxyl groups excluding tert-OH is 2. The highest BCUT2D eigenvalue weighted by Crippen LogP contribution is 2.65. The summed E-state index contributed by atoms with van der Waals surface area (Å²) in [5.74, 6) is 12.4. The Labute approximate surface area is 481 Å². The summed E-state index contributed by atoms with van der Waals surface area (Å²) < 4.78 is 27.4. The highest BCUT2D eigenvalue weighted by molar-refractivity contribution is 5.68. The maximum absolute atomic E-state index is 11.2. The van der Waals surface area contributed by atoms with Crippen LogP contribution in [0.15, 0.2) is 0 Å². The normalized spacial score (nSPS) is 40.9. The molecule has 0 amide bonds. The van der Waals surface area contributed by atoms with Crippen LogP contribution in [0.1, 0.15) is 226 Å². The van der Waals surface area contributed by atoms with E-state index in [1.54, 1.807) is 0 Å². The van der Waals surface area contributed by atoms with Gasteiger partial charge in [-0.1, -0.05) is 12.8 Å². The molecule has 0 spiro atoms. The van der Waals surface area contributed by atoms with Crippen molar-refractivity contribution in [2.24, 2.45) is 118 Å². The standard InChI is InChI=1S/C15H24O3.C15H24O2.C13H19NO2.C12H20O3.C12H20O2/c1-8(16)18-15(2,3)14-5-9-4-13(14)12-7-10(17)6-11(9)12;1-9(16)17-15(2,3)14-8-10-7-13(14)12-6-4-5-11(10)12;1-8(15)16-13(2,3)12-6-9-4-10(12)5-11(9)7-14;1-7(13)15-12(2,3)10-5-9-4-8(10)6-11(9)14;1-8(13)14-12(2,3)11-7-9-4-5-10(11)6-9/h9-14,17H,4-7H2,1-3H3;10-14H,4-8H2,1-3H3;9-12H,4-6H2,1-3H3;8-11,14H,4-6H2,1-3H3;9-11H,4-7H2,1-3H3. The second-order valence-electron chi connectivity index (χ2n) is 31.0. The molecule has 0 aromatic carbocycles. The predicted molar refractivity (Wildman–Crippen MR) is 304 cm³/mol. The van der Waals surface area contributed by atoms with Crippen molar-refractivity contribution in [3.05, 3.63) is 0 Å². The van der Waals surface area contributed by atoms with Gasteiger partial charge in [-0.2, -0.15) is 5.26 Å². The maximum atomic E-state index is 11.2. The predicted octanol–water partition coefficient (Wildman–Crippen LogP) is 12.8. The van der Waals surface area contributed by atoms with Crippen molar-refractivity contribution >= 4 is 29.8 Å². The molecule has 2 N–H and O–H groups in total. The smallest absolute Gasteiger partial charge is 0.303 e. The number of carbonyl (C=O) groups is 5. The second kappa shape index (κ2) is 24.0. The van der Waals surface area contributed by atoms with E-state index < -0.39 is 0 Å². The minimum Gasteiger partial charge on any atom is -0.460 e. The number of ether oxygens (including phenoxy) is 5. The Morgan fingerprint density at radius 3 is 1.16 bits per heavy atom. The molecule has 0 heterocycles. The molecule has 80 heavy (non-hydrogen) atoms. The SMILES string of the molecule is CC(=O)OC(C)(C)C1CC2CC1C1CC(O)CC21.CC(=O)OC(C)(C)C1CC2CC1C1CCCC21.CC(=O)OC(C)(C)C1CC2CC1CC2C#N.CC(=O)OC(C)(C)C1CC2CC1CC2O.CC(=O)OC(C)(C)C1CC2CCC1C2. The second-order valence-corrected chi connectivity index (χ2v) is 31.0. The van der Waals surface area contributed by atoms with Gasteiger partial charge < -0.3 is 33.9 Å². The highest BCUT2D eigenvalue weighted by Gasteiger charge is 2.61. The molecule has 0 aliphatic heterocycles. The van der Waals surface area contributed by atoms with Gasteiger partial charge in [-0.25, -0.2) is 0 Å². The molecule has 12 saturated carbocycles. The topological polar surface area (TPSA) is 196 Å². The van der Waals surface area contributed by atoms with Crippen molar-refractivity contribution < 1.29 is 57.9 Å². The summed E-state index contributed by atoms with van der Waals surface area (Å²) in [5, 5.41) is 28.5. The Kier molecular flexibility index (Phi) is 18.9. The summed E-state index contributed by atoms with van der Waals surface area (Å²) in [7, 11) is 0. The van der Waals surface area contributed by atoms with Crippen LogP contribution in [0.4, 0.5) is 0 Å². The number of hydrogen-bond donors (Lipinski definition) is 2. The first-order chi connectivity index (χ1) is 37.2. The molecule has 12 aliphatic carbocycles. The van der Waals surface area contributed by atoms with Crippen LogP contribution in [-0.2, 0) is 47.7 Å². The van der Waals surface area contributed by atoms with E-state index in [1.165, 1.54) is 105 Å². The van der Waals surface area contributed by atoms with Crippen molar-refractivity contribution in [2.45, 2.75) is 266 Å². The van der Waals surface area contributed by atoms with Crippen LogP contribution in [0.5, 0.6) is 0 Å². The van der Waals surface area contributed by atoms with Gasteiger partial charge >= 0.3 is 29.8 Å². The average Bonchev–Trinajstić information content (AvgIpc) is 4.17. The van der Waals surface area contributed by atoms with Crippen LogP contribution >= 0.6 is 0 Å². The van der Waals surface area contributed by atoms with E-state index in [-0.39, 0.29) is 76.0 Å². The first kappa shape index (κ1) is 62.8. The third kappa shape index (κ3) is 13.6. The molecule has 22 unspecified atom stereocenters. The maximum Gasteiger partial charge on any atom is 0.303 e. The molecule has 10 bridgehead atoms. The molecule has 0 radical (unpaired) electrons. The van der Waals surface area contributed by atoms with Crippen LogP contribution < -0.4 is 0 Å². The number of nitrogens with zero attached hydrogens (tertiary/aromatic N) is 1. The number of nitriles is 1. The van der Waals surface area contributed by atoms with Gasteiger partial charge in [0, 0.05) is 70.1 Å². The van der Waals surface area contributed by atoms with Crippen LogP contribution in [0, 0.1) is 130 Å². The van der Waals surface area contributed by atoms with Gasteiger partial charge in [0.2, 0.25) is 0 Å². The summed E-state index contributed by atoms with van der Waals surface area (Å²) in [5.41, 5.74) is -1.58. The lowest BCUT2D eigenvalue weighted by molar-refractivity contribution is -0.163. The third-order valence-corrected chi connectivity index (χ3v) is 24.0. The number of aliphatic hydroxyl groups is 2. The van der Waals surface area contributed by atoms with Crippen LogP contribution in [0.25, 0.3) is 0 Å². The fourth-order valence-electron chi connectivity index (χ4n) is 21.4. The van der Waals surface area contributed by atoms with E-state index in [4.69, 9.17) is 28.9 Å². The lowest BCUT2D eigenvalue weighted by Gasteiger charge is -2.40. The van der Waals surface area contributed by atoms with Crippen molar-refractivity contribution in [3.63, 3.8) is 0 Å². The van der Waals surface area contributed by atoms with Gasteiger partial charge in [-0.15, -0.1) is 0 Å². The van der Waals surface area contributed by atoms with Crippen LogP contribution in [0.2, 0.25) is 0 Å². The van der Waals surface area contributed by atoms with Crippen molar-refractivity contribution in [2.75, 3.05) is 0 Å². The lowest BCUT2D eigenvalue weighted by Crippen LogP contribution is -2.42. The van der Waals surface area contributed by atoms with Crippen molar-refractivity contribution in [1.82, 2.24) is 0 Å². The molecule has 12 rings (SSSR count). The zero-order valence-corrected chi connectivity index (χ0v) is 52.1. The Balaban J connectivity index is 0.000000132. The van der Waals surface area contributed by atoms with E-state index in [0.717, 1.165) is 98.7 Å². The number of rotatable bonds is 10. The van der Waals surface area contributed by atoms with Gasteiger partial charge in [0.1, 0.15) is 28.0 Å². The first-order valence-corrected chi connectivity index (χ1v) is 31.9. The molecule has 0 saturated heterocycles. The summed E-state index contributed by atoms with van der Waals surface area (Å²) in [6, 6.07) is 2.40. The molecule has 13 heteroatoms. The van der Waals surface area contributed by atoms with Gasteiger partial charge in [0.25, 0.3) is 0 Å². The van der Waals surface area contributed by atoms with Gasteiger partial charge in [0.05, 0.1) is 18.3 Å². The van der Waals surface area contributed by atoms with Crippen molar-refractivity contribution in [3.8, 4) is 6.07 Å². The van der Waals surface area contributed by atoms with Gasteiger partial charge in [-0.05, 0) is 261 Å². The molecule has 0 aromatic rings. The highest BCUT2D eigenvalue weighted by atomic mass is 16.6. The summed E-state index contributed by atoms with van der Waals surface area (Å²) in [6.07, 6.45) is 22.9. The average molecular weight is 1120 g/mol. The van der Waals surface area contributed by atoms with Crippen molar-refractivity contribution in [1.29, 1.82) is 5.26 Å². The molecular formula is C67H107NO12. The number of hydrogen-bond acceptors (Lipinski definition) is 13. The van der Waals surface area contributed by atoms with Crippen LogP contribution in [0.3, 0.4) is 0 Å². The fourth-order valence-corrected chi connectivity index (χ4v) is 21.4. The molecule has 12 aliphatic rings. The molecule has 22 atom stereocenters. The van der Waals surface area contributed by atoms with E-state index in [9.17, 15) is 34.2 Å². The molecule has 452 valence electrons. The zero-order chi connectivity index (χ0) is 58.8. The largest absolute Gasteiger partial charge is 0.460 e. The Hall–Kier alpha value is -3.24. The van der Waals surface area contributed by atoms with E-state index in [0.29, 0.717) is 65.1 Å². The van der Waals surface area contributed by atoms with Gasteiger partial charge in [0.15, 0.2) is 0 Å². The minimum absolute atomic E-state index is 0.0825. The first-order valence-electron chi connectivity index (χ1n) is 31.9. The number of esters is 5. The quantitative estimate of drug-likeness (QED) is 0.155. The molecule has 12 fully saturated rings. The summed E-state index contributed by atoms with van der Waals surface area (Å²) in [6.45, 7) is 27.9. The molecule has 13 nitrogen and oxygen atoms in total. The zero-order valence-electron chi connectivity index (χ0n) is 52.1. The minimum atomic E-state index is -0.370. The van der Waals surface area contributed by atoms with Gasteiger partial charge in [-0.3, -0.25) is 24.0 Å². The fraction of sp³-hybridized carbons (Fsp3) is 0.910. The summed E-state index contributed by atoms with van der Waals surface area (Å²) >= 11 is 0. The summed E-state index contributed by atoms with van der Waals surface area (Å²) in [4.78, 5) is 55.6. The third-order valence-electron chi connectivity index (χ3n) is 24.0. The molecular weight excluding hydrogens is 1010 g/mol. The van der Waals surface area contributed by atoms with Crippen LogP contribution in [-0.4, -0.2) is 80.3 Å². The van der Waals surface area contributed by atoms with E-state index >= 15 is 0 Å². The lowest BCUT2D eigenvalue weighted by atomic mass is 9.70. The number of carbonyl (C=O) groups excluding carboxylic acids is 5. The monoisotopic (exact) mass is 1120 g/mol. The van der Waals surface area contributed by atoms with E-state index in [1.807, 2.05) is 27.7 Å². The molecule has 0 aromatic heterocycles.